The number of hydrogen-bond acceptors (Lipinski definition) is 3. The first kappa shape index (κ1) is 26.1. The van der Waals surface area contributed by atoms with Crippen LogP contribution < -0.4 is 5.32 Å². The fourth-order valence-electron chi connectivity index (χ4n) is 4.19. The van der Waals surface area contributed by atoms with Gasteiger partial charge in [0.15, 0.2) is 0 Å². The average Bonchev–Trinajstić information content (AvgIpc) is 2.82. The maximum atomic E-state index is 13.4. The van der Waals surface area contributed by atoms with Gasteiger partial charge in [0.2, 0.25) is 11.8 Å². The van der Waals surface area contributed by atoms with Crippen LogP contribution in [0.2, 0.25) is 5.02 Å². The Kier molecular flexibility index (Phi) is 10.6. The average molecular weight is 552 g/mol. The van der Waals surface area contributed by atoms with Crippen molar-refractivity contribution >= 4 is 51.1 Å². The highest BCUT2D eigenvalue weighted by Crippen LogP contribution is 2.23. The number of nitrogens with zero attached hydrogens (tertiary/aromatic N) is 1. The largest absolute Gasteiger partial charge is 0.352 e. The minimum absolute atomic E-state index is 0.0392. The van der Waals surface area contributed by atoms with Crippen molar-refractivity contribution in [3.05, 3.63) is 69.2 Å². The van der Waals surface area contributed by atoms with Gasteiger partial charge in [0, 0.05) is 27.8 Å². The number of nitrogens with one attached hydrogen (secondary N) is 1. The van der Waals surface area contributed by atoms with E-state index in [9.17, 15) is 9.59 Å². The molecule has 178 valence electrons. The van der Waals surface area contributed by atoms with Gasteiger partial charge in [-0.15, -0.1) is 11.8 Å². The van der Waals surface area contributed by atoms with Crippen LogP contribution in [0.25, 0.3) is 0 Å². The zero-order valence-electron chi connectivity index (χ0n) is 19.1. The Morgan fingerprint density at radius 2 is 1.82 bits per heavy atom. The zero-order chi connectivity index (χ0) is 23.6. The van der Waals surface area contributed by atoms with Crippen LogP contribution in [0.15, 0.2) is 53.0 Å². The summed E-state index contributed by atoms with van der Waals surface area (Å²) in [6.07, 6.45) is 6.13. The second kappa shape index (κ2) is 13.4. The molecule has 0 unspecified atom stereocenters. The van der Waals surface area contributed by atoms with E-state index in [4.69, 9.17) is 11.6 Å². The van der Waals surface area contributed by atoms with Gasteiger partial charge < -0.3 is 10.2 Å². The van der Waals surface area contributed by atoms with Crippen LogP contribution >= 0.6 is 39.3 Å². The molecule has 3 rings (SSSR count). The number of benzene rings is 2. The molecule has 1 atom stereocenters. The van der Waals surface area contributed by atoms with Crippen LogP contribution in [0.3, 0.4) is 0 Å². The van der Waals surface area contributed by atoms with E-state index in [0.29, 0.717) is 23.7 Å². The summed E-state index contributed by atoms with van der Waals surface area (Å²) in [7, 11) is 0. The summed E-state index contributed by atoms with van der Waals surface area (Å²) in [6.45, 7) is 2.29. The zero-order valence-corrected chi connectivity index (χ0v) is 22.2. The molecule has 1 N–H and O–H groups in total. The third-order valence-corrected chi connectivity index (χ3v) is 7.93. The smallest absolute Gasteiger partial charge is 0.243 e. The van der Waals surface area contributed by atoms with E-state index in [0.717, 1.165) is 47.0 Å². The summed E-state index contributed by atoms with van der Waals surface area (Å²) in [5.74, 6) is 0.961. The molecule has 7 heteroatoms. The highest BCUT2D eigenvalue weighted by atomic mass is 79.9. The molecule has 1 saturated carbocycles. The Morgan fingerprint density at radius 3 is 2.48 bits per heavy atom. The van der Waals surface area contributed by atoms with Crippen molar-refractivity contribution in [1.82, 2.24) is 10.2 Å². The molecule has 0 radical (unpaired) electrons. The van der Waals surface area contributed by atoms with Crippen molar-refractivity contribution in [1.29, 1.82) is 0 Å². The molecule has 0 spiro atoms. The number of carbonyl (C=O) groups excluding carboxylic acids is 2. The van der Waals surface area contributed by atoms with E-state index in [2.05, 4.69) is 33.4 Å². The molecule has 1 aliphatic carbocycles. The minimum atomic E-state index is -0.510. The first-order valence-electron chi connectivity index (χ1n) is 11.6. The van der Waals surface area contributed by atoms with Crippen LogP contribution in [-0.4, -0.2) is 34.6 Å². The monoisotopic (exact) mass is 550 g/mol. The van der Waals surface area contributed by atoms with Crippen LogP contribution in [0.1, 0.15) is 56.6 Å². The SMILES string of the molecule is CC[C@H](C(=O)NC1CCCCC1)N(Cc1ccccc1Cl)C(=O)CSCc1ccc(Br)cc1. The minimum Gasteiger partial charge on any atom is -0.352 e. The number of thioether (sulfide) groups is 1. The Bertz CT molecular complexity index is 919. The van der Waals surface area contributed by atoms with Crippen LogP contribution in [0.4, 0.5) is 0 Å². The quantitative estimate of drug-likeness (QED) is 0.362. The number of rotatable bonds is 10. The van der Waals surface area contributed by atoms with E-state index in [1.54, 1.807) is 16.7 Å². The highest BCUT2D eigenvalue weighted by molar-refractivity contribution is 9.10. The summed E-state index contributed by atoms with van der Waals surface area (Å²) >= 11 is 11.4. The van der Waals surface area contributed by atoms with Crippen molar-refractivity contribution in [3.63, 3.8) is 0 Å². The van der Waals surface area contributed by atoms with Crippen molar-refractivity contribution in [2.45, 2.75) is 69.8 Å². The van der Waals surface area contributed by atoms with E-state index in [-0.39, 0.29) is 17.9 Å². The van der Waals surface area contributed by atoms with Gasteiger partial charge in [-0.05, 0) is 48.6 Å². The topological polar surface area (TPSA) is 49.4 Å². The van der Waals surface area contributed by atoms with Gasteiger partial charge in [-0.3, -0.25) is 9.59 Å². The van der Waals surface area contributed by atoms with E-state index < -0.39 is 6.04 Å². The number of halogens is 2. The maximum absolute atomic E-state index is 13.4. The fraction of sp³-hybridized carbons (Fsp3) is 0.462. The second-order valence-electron chi connectivity index (χ2n) is 8.50. The number of hydrogen-bond donors (Lipinski definition) is 1. The Hall–Kier alpha value is -1.50. The third-order valence-electron chi connectivity index (χ3n) is 6.04. The van der Waals surface area contributed by atoms with Crippen LogP contribution in [0, 0.1) is 0 Å². The summed E-state index contributed by atoms with van der Waals surface area (Å²) in [6, 6.07) is 15.3. The molecular weight excluding hydrogens is 520 g/mol. The molecule has 1 aliphatic rings. The van der Waals surface area contributed by atoms with Gasteiger partial charge in [0.1, 0.15) is 6.04 Å². The normalized spacial score (nSPS) is 15.1. The van der Waals surface area contributed by atoms with Gasteiger partial charge in [0.05, 0.1) is 5.75 Å². The molecule has 1 fully saturated rings. The Labute approximate surface area is 215 Å². The van der Waals surface area contributed by atoms with Crippen molar-refractivity contribution in [2.75, 3.05) is 5.75 Å². The van der Waals surface area contributed by atoms with Crippen molar-refractivity contribution < 1.29 is 9.59 Å². The van der Waals surface area contributed by atoms with Gasteiger partial charge in [-0.25, -0.2) is 0 Å². The maximum Gasteiger partial charge on any atom is 0.243 e. The molecule has 0 heterocycles. The van der Waals surface area contributed by atoms with Crippen molar-refractivity contribution in [2.24, 2.45) is 0 Å². The predicted octanol–water partition coefficient (Wildman–Crippen LogP) is 6.59. The molecule has 0 aliphatic heterocycles. The van der Waals surface area contributed by atoms with E-state index in [1.807, 2.05) is 43.3 Å². The molecule has 2 aromatic carbocycles. The Balaban J connectivity index is 1.70. The standard InChI is InChI=1S/C26H32BrClN2O2S/c1-2-24(26(32)29-22-9-4-3-5-10-22)30(16-20-8-6-7-11-23(20)28)25(31)18-33-17-19-12-14-21(27)15-13-19/h6-8,11-15,22,24H,2-5,9-10,16-18H2,1H3,(H,29,32)/t24-/m1/s1. The molecule has 0 aromatic heterocycles. The summed E-state index contributed by atoms with van der Waals surface area (Å²) in [4.78, 5) is 28.3. The molecule has 2 amide bonds. The van der Waals surface area contributed by atoms with Crippen LogP contribution in [-0.2, 0) is 21.9 Å². The van der Waals surface area contributed by atoms with Crippen LogP contribution in [0.5, 0.6) is 0 Å². The third kappa shape index (κ3) is 8.04. The summed E-state index contributed by atoms with van der Waals surface area (Å²) in [5.41, 5.74) is 2.02. The van der Waals surface area contributed by atoms with Crippen molar-refractivity contribution in [3.8, 4) is 0 Å². The summed E-state index contributed by atoms with van der Waals surface area (Å²) in [5, 5.41) is 3.83. The van der Waals surface area contributed by atoms with E-state index in [1.165, 1.54) is 6.42 Å². The van der Waals surface area contributed by atoms with E-state index >= 15 is 0 Å². The lowest BCUT2D eigenvalue weighted by Gasteiger charge is -2.33. The highest BCUT2D eigenvalue weighted by Gasteiger charge is 2.30. The second-order valence-corrected chi connectivity index (χ2v) is 10.8. The molecule has 33 heavy (non-hydrogen) atoms. The van der Waals surface area contributed by atoms with Gasteiger partial charge in [0.25, 0.3) is 0 Å². The fourth-order valence-corrected chi connectivity index (χ4v) is 5.52. The summed E-state index contributed by atoms with van der Waals surface area (Å²) < 4.78 is 1.04. The molecule has 2 aromatic rings. The molecule has 0 saturated heterocycles. The van der Waals surface area contributed by atoms with Gasteiger partial charge in [-0.1, -0.05) is 84.0 Å². The molecule has 0 bridgehead atoms. The predicted molar refractivity (Wildman–Crippen MR) is 141 cm³/mol. The van der Waals surface area contributed by atoms with Gasteiger partial charge >= 0.3 is 0 Å². The van der Waals surface area contributed by atoms with Gasteiger partial charge in [-0.2, -0.15) is 0 Å². The number of amides is 2. The Morgan fingerprint density at radius 1 is 1.12 bits per heavy atom. The molecule has 4 nitrogen and oxygen atoms in total. The first-order chi connectivity index (χ1) is 16.0. The lowest BCUT2D eigenvalue weighted by atomic mass is 9.95. The lowest BCUT2D eigenvalue weighted by Crippen LogP contribution is -2.52. The first-order valence-corrected chi connectivity index (χ1v) is 14.0. The molecular formula is C26H32BrClN2O2S. The number of carbonyl (C=O) groups is 2. The lowest BCUT2D eigenvalue weighted by molar-refractivity contribution is -0.139.